The molecule has 0 bridgehead atoms. The van der Waals surface area contributed by atoms with E-state index >= 15 is 0 Å². The van der Waals surface area contributed by atoms with Crippen LogP contribution in [0.15, 0.2) is 85.1 Å². The van der Waals surface area contributed by atoms with Crippen LogP contribution in [0, 0.1) is 10.1 Å². The summed E-state index contributed by atoms with van der Waals surface area (Å²) in [6, 6.07) is 24.3. The van der Waals surface area contributed by atoms with Gasteiger partial charge in [0.25, 0.3) is 5.69 Å². The number of hydrogen-bond acceptors (Lipinski definition) is 5. The maximum atomic E-state index is 12.9. The Bertz CT molecular complexity index is 1360. The summed E-state index contributed by atoms with van der Waals surface area (Å²) >= 11 is 0. The van der Waals surface area contributed by atoms with Gasteiger partial charge in [0.05, 0.1) is 22.7 Å². The Morgan fingerprint density at radius 3 is 2.27 bits per heavy atom. The Kier molecular flexibility index (Phi) is 7.37. The van der Waals surface area contributed by atoms with Crippen molar-refractivity contribution >= 4 is 11.6 Å². The lowest BCUT2D eigenvalue weighted by molar-refractivity contribution is -0.384. The van der Waals surface area contributed by atoms with E-state index in [1.54, 1.807) is 16.8 Å². The Hall–Kier alpha value is -4.30. The molecule has 188 valence electrons. The number of hydrogen-bond donors (Lipinski definition) is 1. The summed E-state index contributed by atoms with van der Waals surface area (Å²) in [4.78, 5) is 26.0. The highest BCUT2D eigenvalue weighted by molar-refractivity contribution is 5.81. The first-order valence-corrected chi connectivity index (χ1v) is 12.5. The van der Waals surface area contributed by atoms with Gasteiger partial charge in [-0.15, -0.1) is 0 Å². The molecular formula is C29H29N5O3. The van der Waals surface area contributed by atoms with Crippen molar-refractivity contribution in [3.05, 3.63) is 112 Å². The van der Waals surface area contributed by atoms with Crippen LogP contribution < -0.4 is 5.32 Å². The van der Waals surface area contributed by atoms with Crippen LogP contribution in [0.2, 0.25) is 0 Å². The fourth-order valence-electron chi connectivity index (χ4n) is 4.63. The number of carbonyl (C=O) groups is 1. The second kappa shape index (κ2) is 11.2. The largest absolute Gasteiger partial charge is 0.352 e. The minimum Gasteiger partial charge on any atom is -0.352 e. The number of nitro groups is 1. The predicted octanol–water partition coefficient (Wildman–Crippen LogP) is 4.90. The molecule has 0 aliphatic carbocycles. The van der Waals surface area contributed by atoms with Crippen LogP contribution in [0.4, 0.5) is 5.69 Å². The zero-order valence-corrected chi connectivity index (χ0v) is 20.5. The molecule has 2 heterocycles. The van der Waals surface area contributed by atoms with E-state index in [2.05, 4.69) is 34.5 Å². The first-order chi connectivity index (χ1) is 18.0. The van der Waals surface area contributed by atoms with Crippen LogP contribution in [0.1, 0.15) is 29.5 Å². The highest BCUT2D eigenvalue weighted by Gasteiger charge is 2.17. The molecular weight excluding hydrogens is 466 g/mol. The van der Waals surface area contributed by atoms with Gasteiger partial charge in [-0.05, 0) is 61.3 Å². The van der Waals surface area contributed by atoms with Crippen molar-refractivity contribution in [3.8, 4) is 16.9 Å². The third-order valence-electron chi connectivity index (χ3n) is 6.63. The highest BCUT2D eigenvalue weighted by atomic mass is 16.6. The number of nitro benzene ring substituents is 1. The number of nitrogens with one attached hydrogen (secondary N) is 1. The number of nitrogens with zero attached hydrogens (tertiary/aromatic N) is 4. The van der Waals surface area contributed by atoms with Crippen LogP contribution in [0.3, 0.4) is 0 Å². The summed E-state index contributed by atoms with van der Waals surface area (Å²) in [5.74, 6) is -0.114. The quantitative estimate of drug-likeness (QED) is 0.263. The summed E-state index contributed by atoms with van der Waals surface area (Å²) < 4.78 is 1.73. The van der Waals surface area contributed by atoms with Crippen LogP contribution in [0.25, 0.3) is 16.9 Å². The number of aromatic nitrogens is 2. The second-order valence-electron chi connectivity index (χ2n) is 9.34. The molecule has 1 aromatic heterocycles. The average molecular weight is 496 g/mol. The van der Waals surface area contributed by atoms with E-state index in [4.69, 9.17) is 5.10 Å². The van der Waals surface area contributed by atoms with Gasteiger partial charge in [0.1, 0.15) is 0 Å². The molecule has 4 aromatic rings. The van der Waals surface area contributed by atoms with E-state index < -0.39 is 4.92 Å². The Labute approximate surface area is 215 Å². The lowest BCUT2D eigenvalue weighted by atomic mass is 10.1. The molecule has 3 aromatic carbocycles. The fraction of sp³-hybridized carbons (Fsp3) is 0.241. The molecule has 37 heavy (non-hydrogen) atoms. The van der Waals surface area contributed by atoms with E-state index in [1.807, 2.05) is 36.5 Å². The van der Waals surface area contributed by atoms with E-state index in [-0.39, 0.29) is 18.0 Å². The second-order valence-corrected chi connectivity index (χ2v) is 9.34. The van der Waals surface area contributed by atoms with Crippen LogP contribution in [0.5, 0.6) is 0 Å². The van der Waals surface area contributed by atoms with Gasteiger partial charge in [0.2, 0.25) is 5.91 Å². The molecule has 1 saturated heterocycles. The first-order valence-electron chi connectivity index (χ1n) is 12.5. The molecule has 5 rings (SSSR count). The van der Waals surface area contributed by atoms with Gasteiger partial charge >= 0.3 is 0 Å². The molecule has 1 N–H and O–H groups in total. The van der Waals surface area contributed by atoms with E-state index in [1.165, 1.54) is 43.6 Å². The monoisotopic (exact) mass is 495 g/mol. The lowest BCUT2D eigenvalue weighted by Crippen LogP contribution is -2.24. The molecule has 1 fully saturated rings. The fourth-order valence-corrected chi connectivity index (χ4v) is 4.63. The van der Waals surface area contributed by atoms with E-state index in [0.717, 1.165) is 28.9 Å². The normalized spacial score (nSPS) is 13.5. The Morgan fingerprint density at radius 1 is 0.919 bits per heavy atom. The smallest absolute Gasteiger partial charge is 0.269 e. The van der Waals surface area contributed by atoms with Crippen molar-refractivity contribution in [2.75, 3.05) is 13.1 Å². The predicted molar refractivity (Wildman–Crippen MR) is 142 cm³/mol. The van der Waals surface area contributed by atoms with Gasteiger partial charge in [0, 0.05) is 42.5 Å². The number of rotatable bonds is 9. The Balaban J connectivity index is 1.28. The van der Waals surface area contributed by atoms with Crippen LogP contribution in [-0.2, 0) is 24.3 Å². The topological polar surface area (TPSA) is 93.3 Å². The van der Waals surface area contributed by atoms with Crippen molar-refractivity contribution < 1.29 is 9.72 Å². The molecule has 0 spiro atoms. The summed E-state index contributed by atoms with van der Waals surface area (Å²) in [5.41, 5.74) is 5.31. The molecule has 1 amide bonds. The minimum absolute atomic E-state index is 0.0111. The van der Waals surface area contributed by atoms with Gasteiger partial charge in [-0.3, -0.25) is 19.8 Å². The maximum Gasteiger partial charge on any atom is 0.269 e. The summed E-state index contributed by atoms with van der Waals surface area (Å²) in [6.07, 6.45) is 4.55. The van der Waals surface area contributed by atoms with Crippen LogP contribution >= 0.6 is 0 Å². The van der Waals surface area contributed by atoms with Crippen molar-refractivity contribution in [2.24, 2.45) is 0 Å². The number of carbonyl (C=O) groups excluding carboxylic acids is 1. The lowest BCUT2D eigenvalue weighted by Gasteiger charge is -2.14. The molecule has 0 atom stereocenters. The third-order valence-corrected chi connectivity index (χ3v) is 6.63. The number of benzene rings is 3. The van der Waals surface area contributed by atoms with Crippen molar-refractivity contribution in [3.63, 3.8) is 0 Å². The molecule has 8 heteroatoms. The van der Waals surface area contributed by atoms with E-state index in [0.29, 0.717) is 12.2 Å². The Morgan fingerprint density at radius 2 is 1.59 bits per heavy atom. The van der Waals surface area contributed by atoms with Crippen molar-refractivity contribution in [2.45, 2.75) is 32.4 Å². The molecule has 1 aliphatic heterocycles. The number of likely N-dealkylation sites (tertiary alicyclic amines) is 1. The molecule has 0 radical (unpaired) electrons. The third kappa shape index (κ3) is 6.10. The molecule has 0 saturated carbocycles. The zero-order chi connectivity index (χ0) is 25.6. The van der Waals surface area contributed by atoms with Crippen molar-refractivity contribution in [1.82, 2.24) is 20.0 Å². The van der Waals surface area contributed by atoms with Gasteiger partial charge in [-0.2, -0.15) is 5.10 Å². The van der Waals surface area contributed by atoms with Gasteiger partial charge in [-0.1, -0.05) is 42.5 Å². The summed E-state index contributed by atoms with van der Waals surface area (Å²) in [7, 11) is 0. The minimum atomic E-state index is -0.431. The molecule has 8 nitrogen and oxygen atoms in total. The van der Waals surface area contributed by atoms with Crippen molar-refractivity contribution in [1.29, 1.82) is 0 Å². The summed E-state index contributed by atoms with van der Waals surface area (Å²) in [5, 5.41) is 18.8. The highest BCUT2D eigenvalue weighted by Crippen LogP contribution is 2.26. The maximum absolute atomic E-state index is 12.9. The van der Waals surface area contributed by atoms with Gasteiger partial charge in [-0.25, -0.2) is 4.68 Å². The van der Waals surface area contributed by atoms with Gasteiger partial charge in [0.15, 0.2) is 0 Å². The number of non-ortho nitro benzene ring substituents is 1. The number of para-hydroxylation sites is 1. The average Bonchev–Trinajstić information content (AvgIpc) is 3.59. The van der Waals surface area contributed by atoms with Gasteiger partial charge < -0.3 is 5.32 Å². The van der Waals surface area contributed by atoms with E-state index in [9.17, 15) is 14.9 Å². The molecule has 1 aliphatic rings. The van der Waals surface area contributed by atoms with Crippen LogP contribution in [-0.4, -0.2) is 38.6 Å². The zero-order valence-electron chi connectivity index (χ0n) is 20.5. The SMILES string of the molecule is O=C(Cc1cn(-c2ccccc2)nc1-c1ccc([N+](=O)[O-])cc1)NCc1ccc(CN2CCCC2)cc1. The first kappa shape index (κ1) is 24.4. The molecule has 0 unspecified atom stereocenters. The number of amides is 1. The standard InChI is InChI=1S/C29H29N5O3/c35-28(30-19-22-8-10-23(11-9-22)20-32-16-4-5-17-32)18-25-21-33(26-6-2-1-3-7-26)31-29(25)24-12-14-27(15-13-24)34(36)37/h1-3,6-15,21H,4-5,16-20H2,(H,30,35). The summed E-state index contributed by atoms with van der Waals surface area (Å²) in [6.45, 7) is 3.76.